The van der Waals surface area contributed by atoms with E-state index in [-0.39, 0.29) is 17.4 Å². The number of halogens is 1. The second-order valence-corrected chi connectivity index (χ2v) is 8.18. The third-order valence-electron chi connectivity index (χ3n) is 5.50. The first kappa shape index (κ1) is 24.6. The number of anilines is 1. The highest BCUT2D eigenvalue weighted by atomic mass is 19.1. The van der Waals surface area contributed by atoms with Crippen molar-refractivity contribution in [2.75, 3.05) is 26.0 Å². The summed E-state index contributed by atoms with van der Waals surface area (Å²) in [5, 5.41) is 2.71. The maximum absolute atomic E-state index is 14.0. The molecule has 3 rings (SSSR count). The van der Waals surface area contributed by atoms with Gasteiger partial charge in [0.15, 0.2) is 0 Å². The van der Waals surface area contributed by atoms with E-state index in [9.17, 15) is 18.8 Å². The third kappa shape index (κ3) is 5.67. The molecule has 3 aromatic rings. The molecule has 1 N–H and O–H groups in total. The summed E-state index contributed by atoms with van der Waals surface area (Å²) in [6, 6.07) is 18.0. The van der Waals surface area contributed by atoms with Crippen molar-refractivity contribution in [3.05, 3.63) is 100 Å². The normalized spacial score (nSPS) is 10.5. The van der Waals surface area contributed by atoms with Crippen LogP contribution in [-0.4, -0.2) is 48.2 Å². The molecule has 0 saturated carbocycles. The largest absolute Gasteiger partial charge is 0.345 e. The van der Waals surface area contributed by atoms with Crippen LogP contribution in [0, 0.1) is 12.7 Å². The molecule has 6 nitrogen and oxygen atoms in total. The minimum atomic E-state index is -0.611. The summed E-state index contributed by atoms with van der Waals surface area (Å²) in [7, 11) is 3.39. The minimum absolute atomic E-state index is 0.0648. The van der Waals surface area contributed by atoms with Crippen LogP contribution in [0.5, 0.6) is 0 Å². The molecule has 176 valence electrons. The van der Waals surface area contributed by atoms with E-state index in [2.05, 4.69) is 5.32 Å². The summed E-state index contributed by atoms with van der Waals surface area (Å²) >= 11 is 0. The molecule has 0 unspecified atom stereocenters. The Morgan fingerprint density at radius 3 is 2.15 bits per heavy atom. The first-order valence-corrected chi connectivity index (χ1v) is 11.0. The fourth-order valence-corrected chi connectivity index (χ4v) is 3.47. The lowest BCUT2D eigenvalue weighted by Gasteiger charge is -2.22. The molecule has 0 aliphatic heterocycles. The number of hydrogen-bond donors (Lipinski definition) is 1. The number of benzene rings is 3. The predicted molar refractivity (Wildman–Crippen MR) is 130 cm³/mol. The lowest BCUT2D eigenvalue weighted by molar-refractivity contribution is 0.0751. The molecule has 3 aromatic carbocycles. The average Bonchev–Trinajstić information content (AvgIpc) is 2.83. The Hall–Kier alpha value is -4.00. The topological polar surface area (TPSA) is 69.7 Å². The molecule has 7 heteroatoms. The zero-order valence-corrected chi connectivity index (χ0v) is 19.8. The lowest BCUT2D eigenvalue weighted by Crippen LogP contribution is -2.30. The van der Waals surface area contributed by atoms with Gasteiger partial charge in [-0.05, 0) is 61.4 Å². The summed E-state index contributed by atoms with van der Waals surface area (Å²) in [5.41, 5.74) is 3.02. The molecule has 34 heavy (non-hydrogen) atoms. The summed E-state index contributed by atoms with van der Waals surface area (Å²) in [6.07, 6.45) is 0. The molecule has 0 spiro atoms. The second kappa shape index (κ2) is 10.7. The van der Waals surface area contributed by atoms with Gasteiger partial charge in [0, 0.05) is 44.0 Å². The molecule has 0 aliphatic carbocycles. The van der Waals surface area contributed by atoms with Crippen LogP contribution in [-0.2, 0) is 6.54 Å². The Balaban J connectivity index is 1.77. The van der Waals surface area contributed by atoms with Gasteiger partial charge in [-0.2, -0.15) is 0 Å². The number of hydrogen-bond acceptors (Lipinski definition) is 3. The van der Waals surface area contributed by atoms with Crippen LogP contribution in [0.3, 0.4) is 0 Å². The summed E-state index contributed by atoms with van der Waals surface area (Å²) in [4.78, 5) is 41.0. The molecule has 0 radical (unpaired) electrons. The van der Waals surface area contributed by atoms with Gasteiger partial charge in [-0.25, -0.2) is 4.39 Å². The van der Waals surface area contributed by atoms with E-state index in [1.165, 1.54) is 23.1 Å². The number of aryl methyl sites for hydroxylation is 1. The van der Waals surface area contributed by atoms with Crippen molar-refractivity contribution in [3.8, 4) is 0 Å². The minimum Gasteiger partial charge on any atom is -0.345 e. The zero-order chi connectivity index (χ0) is 24.8. The first-order chi connectivity index (χ1) is 16.2. The number of nitrogens with zero attached hydrogens (tertiary/aromatic N) is 2. The summed E-state index contributed by atoms with van der Waals surface area (Å²) < 4.78 is 14.0. The van der Waals surface area contributed by atoms with Crippen molar-refractivity contribution < 1.29 is 18.8 Å². The van der Waals surface area contributed by atoms with E-state index in [1.54, 1.807) is 62.3 Å². The van der Waals surface area contributed by atoms with Gasteiger partial charge in [-0.3, -0.25) is 14.4 Å². The molecule has 0 heterocycles. The molecule has 0 aromatic heterocycles. The van der Waals surface area contributed by atoms with Crippen LogP contribution in [0.2, 0.25) is 0 Å². The van der Waals surface area contributed by atoms with Crippen molar-refractivity contribution >= 4 is 23.4 Å². The quantitative estimate of drug-likeness (QED) is 0.552. The van der Waals surface area contributed by atoms with E-state index in [1.807, 2.05) is 19.1 Å². The third-order valence-corrected chi connectivity index (χ3v) is 5.50. The SMILES string of the molecule is CCN(Cc1ccc(C(=O)N(C)C)cc1)C(=O)c1ccc(C)c(NC(=O)c2ccccc2F)c1. The van der Waals surface area contributed by atoms with Crippen molar-refractivity contribution in [2.24, 2.45) is 0 Å². The maximum Gasteiger partial charge on any atom is 0.258 e. The van der Waals surface area contributed by atoms with Crippen LogP contribution < -0.4 is 5.32 Å². The average molecular weight is 462 g/mol. The number of carbonyl (C=O) groups is 3. The first-order valence-electron chi connectivity index (χ1n) is 11.0. The smallest absolute Gasteiger partial charge is 0.258 e. The molecule has 0 atom stereocenters. The maximum atomic E-state index is 14.0. The Morgan fingerprint density at radius 2 is 1.53 bits per heavy atom. The standard InChI is InChI=1S/C27H28FN3O3/c1-5-31(17-19-11-14-20(15-12-19)26(33)30(3)4)27(34)21-13-10-18(2)24(16-21)29-25(32)22-8-6-7-9-23(22)28/h6-16H,5,17H2,1-4H3,(H,29,32). The highest BCUT2D eigenvalue weighted by molar-refractivity contribution is 6.05. The highest BCUT2D eigenvalue weighted by Crippen LogP contribution is 2.21. The van der Waals surface area contributed by atoms with E-state index in [0.717, 1.165) is 11.1 Å². The van der Waals surface area contributed by atoms with E-state index < -0.39 is 11.7 Å². The zero-order valence-electron chi connectivity index (χ0n) is 19.8. The molecule has 3 amide bonds. The van der Waals surface area contributed by atoms with Crippen molar-refractivity contribution in [3.63, 3.8) is 0 Å². The van der Waals surface area contributed by atoms with Gasteiger partial charge in [-0.15, -0.1) is 0 Å². The number of amides is 3. The molecular formula is C27H28FN3O3. The molecule has 0 bridgehead atoms. The number of nitrogens with one attached hydrogen (secondary N) is 1. The van der Waals surface area contributed by atoms with Crippen LogP contribution in [0.1, 0.15) is 49.1 Å². The van der Waals surface area contributed by atoms with Gasteiger partial charge in [0.1, 0.15) is 5.82 Å². The van der Waals surface area contributed by atoms with Crippen molar-refractivity contribution in [2.45, 2.75) is 20.4 Å². The second-order valence-electron chi connectivity index (χ2n) is 8.18. The molecule has 0 aliphatic rings. The van der Waals surface area contributed by atoms with Crippen molar-refractivity contribution in [1.29, 1.82) is 0 Å². The monoisotopic (exact) mass is 461 g/mol. The van der Waals surface area contributed by atoms with E-state index >= 15 is 0 Å². The van der Waals surface area contributed by atoms with Crippen LogP contribution in [0.25, 0.3) is 0 Å². The van der Waals surface area contributed by atoms with Gasteiger partial charge >= 0.3 is 0 Å². The fraction of sp³-hybridized carbons (Fsp3) is 0.222. The van der Waals surface area contributed by atoms with Gasteiger partial charge in [0.2, 0.25) is 0 Å². The molecule has 0 fully saturated rings. The molecule has 0 saturated heterocycles. The Kier molecular flexibility index (Phi) is 7.79. The van der Waals surface area contributed by atoms with Gasteiger partial charge in [-0.1, -0.05) is 30.3 Å². The van der Waals surface area contributed by atoms with Gasteiger partial charge in [0.05, 0.1) is 5.56 Å². The van der Waals surface area contributed by atoms with E-state index in [0.29, 0.717) is 29.9 Å². The summed E-state index contributed by atoms with van der Waals surface area (Å²) in [6.45, 7) is 4.54. The Bertz CT molecular complexity index is 1210. The van der Waals surface area contributed by atoms with Crippen LogP contribution in [0.15, 0.2) is 66.7 Å². The number of rotatable bonds is 7. The Labute approximate surface area is 199 Å². The van der Waals surface area contributed by atoms with Crippen molar-refractivity contribution in [1.82, 2.24) is 9.80 Å². The number of carbonyl (C=O) groups excluding carboxylic acids is 3. The summed E-state index contributed by atoms with van der Waals surface area (Å²) in [5.74, 6) is -1.47. The van der Waals surface area contributed by atoms with Gasteiger partial charge < -0.3 is 15.1 Å². The van der Waals surface area contributed by atoms with Crippen LogP contribution >= 0.6 is 0 Å². The predicted octanol–water partition coefficient (Wildman–Crippen LogP) is 4.75. The van der Waals surface area contributed by atoms with Gasteiger partial charge in [0.25, 0.3) is 17.7 Å². The molecular weight excluding hydrogens is 433 g/mol. The fourth-order valence-electron chi connectivity index (χ4n) is 3.47. The van der Waals surface area contributed by atoms with E-state index in [4.69, 9.17) is 0 Å². The lowest BCUT2D eigenvalue weighted by atomic mass is 10.1. The Morgan fingerprint density at radius 1 is 0.882 bits per heavy atom. The highest BCUT2D eigenvalue weighted by Gasteiger charge is 2.18. The van der Waals surface area contributed by atoms with Crippen LogP contribution in [0.4, 0.5) is 10.1 Å².